The first kappa shape index (κ1) is 15.4. The average Bonchev–Trinajstić information content (AvgIpc) is 3.04. The third-order valence-electron chi connectivity index (χ3n) is 3.47. The summed E-state index contributed by atoms with van der Waals surface area (Å²) in [6.07, 6.45) is 2.99. The van der Waals surface area contributed by atoms with Crippen molar-refractivity contribution in [3.63, 3.8) is 0 Å². The number of nitrogens with two attached hydrogens (primary N) is 1. The van der Waals surface area contributed by atoms with Crippen LogP contribution in [-0.4, -0.2) is 26.8 Å². The molecule has 0 aliphatic heterocycles. The molecule has 0 aliphatic rings. The smallest absolute Gasteiger partial charge is 0.267 e. The van der Waals surface area contributed by atoms with E-state index in [1.165, 1.54) is 6.33 Å². The van der Waals surface area contributed by atoms with Crippen LogP contribution in [0.5, 0.6) is 0 Å². The molecule has 0 fully saturated rings. The first-order chi connectivity index (χ1) is 11.6. The molecule has 2 aromatic heterocycles. The first-order valence-electron chi connectivity index (χ1n) is 7.23. The van der Waals surface area contributed by atoms with Gasteiger partial charge in [0.2, 0.25) is 0 Å². The van der Waals surface area contributed by atoms with Gasteiger partial charge in [0.1, 0.15) is 17.2 Å². The summed E-state index contributed by atoms with van der Waals surface area (Å²) in [5.41, 5.74) is 7.70. The Labute approximate surface area is 138 Å². The first-order valence-corrected chi connectivity index (χ1v) is 7.23. The summed E-state index contributed by atoms with van der Waals surface area (Å²) in [7, 11) is 0. The van der Waals surface area contributed by atoms with Crippen LogP contribution in [0.1, 0.15) is 26.4 Å². The summed E-state index contributed by atoms with van der Waals surface area (Å²) in [5, 5.41) is 2.75. The molecule has 0 radical (unpaired) electrons. The summed E-state index contributed by atoms with van der Waals surface area (Å²) >= 11 is 0. The monoisotopic (exact) mass is 321 g/mol. The lowest BCUT2D eigenvalue weighted by Gasteiger charge is -2.09. The minimum Gasteiger partial charge on any atom is -0.364 e. The molecule has 2 heterocycles. The molecule has 7 nitrogen and oxygen atoms in total. The van der Waals surface area contributed by atoms with Crippen LogP contribution in [-0.2, 0) is 0 Å². The Hall–Kier alpha value is -3.48. The Morgan fingerprint density at radius 2 is 1.96 bits per heavy atom. The molecule has 1 aromatic carbocycles. The Morgan fingerprint density at radius 3 is 2.71 bits per heavy atom. The topological polar surface area (TPSA) is 114 Å². The van der Waals surface area contributed by atoms with Gasteiger partial charge in [0, 0.05) is 17.3 Å². The van der Waals surface area contributed by atoms with Crippen LogP contribution in [0.2, 0.25) is 0 Å². The van der Waals surface area contributed by atoms with Crippen LogP contribution in [0, 0.1) is 6.92 Å². The molecular weight excluding hydrogens is 306 g/mol. The van der Waals surface area contributed by atoms with Gasteiger partial charge in [0.25, 0.3) is 11.8 Å². The maximum absolute atomic E-state index is 12.6. The van der Waals surface area contributed by atoms with Crippen molar-refractivity contribution < 1.29 is 9.59 Å². The number of nitrogens with one attached hydrogen (secondary N) is 2. The molecular formula is C17H15N5O2. The van der Waals surface area contributed by atoms with Crippen molar-refractivity contribution in [3.8, 4) is 11.3 Å². The molecule has 0 atom stereocenters. The molecule has 7 heteroatoms. The molecule has 2 amide bonds. The third kappa shape index (κ3) is 3.00. The quantitative estimate of drug-likeness (QED) is 0.683. The second-order valence-corrected chi connectivity index (χ2v) is 5.21. The standard InChI is InChI=1S/C17H15N5O2/c1-10-6-7-19-13(8-10)22-17(24)12-5-3-2-4-11(12)14-15(16(18)23)21-9-20-14/h2-9H,1H3,(H2,18,23)(H,20,21)(H,19,22,24). The summed E-state index contributed by atoms with van der Waals surface area (Å²) in [4.78, 5) is 35.1. The van der Waals surface area contributed by atoms with Gasteiger partial charge in [0.15, 0.2) is 0 Å². The lowest BCUT2D eigenvalue weighted by molar-refractivity contribution is 0.0993. The summed E-state index contributed by atoms with van der Waals surface area (Å²) < 4.78 is 0. The number of hydrogen-bond acceptors (Lipinski definition) is 4. The minimum atomic E-state index is -0.641. The van der Waals surface area contributed by atoms with Crippen LogP contribution in [0.15, 0.2) is 48.9 Å². The number of pyridine rings is 1. The number of imidazole rings is 1. The SMILES string of the molecule is Cc1ccnc(NC(=O)c2ccccc2-c2nc[nH]c2C(N)=O)c1. The largest absolute Gasteiger partial charge is 0.364 e. The molecule has 4 N–H and O–H groups in total. The number of aromatic amines is 1. The van der Waals surface area contributed by atoms with Gasteiger partial charge in [-0.3, -0.25) is 9.59 Å². The Balaban J connectivity index is 1.99. The summed E-state index contributed by atoms with van der Waals surface area (Å²) in [6.45, 7) is 1.91. The van der Waals surface area contributed by atoms with Crippen molar-refractivity contribution in [2.75, 3.05) is 5.32 Å². The number of hydrogen-bond donors (Lipinski definition) is 3. The van der Waals surface area contributed by atoms with E-state index in [9.17, 15) is 9.59 Å². The third-order valence-corrected chi connectivity index (χ3v) is 3.47. The van der Waals surface area contributed by atoms with E-state index < -0.39 is 5.91 Å². The van der Waals surface area contributed by atoms with Gasteiger partial charge in [0.05, 0.1) is 6.33 Å². The van der Waals surface area contributed by atoms with E-state index >= 15 is 0 Å². The number of aromatic nitrogens is 3. The van der Waals surface area contributed by atoms with Gasteiger partial charge in [-0.25, -0.2) is 9.97 Å². The molecule has 0 spiro atoms. The predicted molar refractivity (Wildman–Crippen MR) is 89.5 cm³/mol. The van der Waals surface area contributed by atoms with Gasteiger partial charge in [-0.1, -0.05) is 18.2 Å². The zero-order valence-electron chi connectivity index (χ0n) is 12.9. The fourth-order valence-corrected chi connectivity index (χ4v) is 2.36. The molecule has 0 bridgehead atoms. The highest BCUT2D eigenvalue weighted by molar-refractivity contribution is 6.09. The number of amides is 2. The van der Waals surface area contributed by atoms with Crippen molar-refractivity contribution in [1.29, 1.82) is 0 Å². The molecule has 3 rings (SSSR count). The molecule has 3 aromatic rings. The highest BCUT2D eigenvalue weighted by atomic mass is 16.2. The summed E-state index contributed by atoms with van der Waals surface area (Å²) in [5.74, 6) is -0.535. The zero-order chi connectivity index (χ0) is 17.1. The van der Waals surface area contributed by atoms with E-state index in [2.05, 4.69) is 20.3 Å². The van der Waals surface area contributed by atoms with Gasteiger partial charge in [-0.05, 0) is 30.7 Å². The van der Waals surface area contributed by atoms with Crippen molar-refractivity contribution in [2.45, 2.75) is 6.92 Å². The fraction of sp³-hybridized carbons (Fsp3) is 0.0588. The number of benzene rings is 1. The van der Waals surface area contributed by atoms with Gasteiger partial charge >= 0.3 is 0 Å². The normalized spacial score (nSPS) is 10.4. The number of rotatable bonds is 4. The van der Waals surface area contributed by atoms with E-state index in [1.54, 1.807) is 36.5 Å². The van der Waals surface area contributed by atoms with E-state index in [-0.39, 0.29) is 11.6 Å². The van der Waals surface area contributed by atoms with Gasteiger partial charge < -0.3 is 16.0 Å². The highest BCUT2D eigenvalue weighted by Gasteiger charge is 2.19. The van der Waals surface area contributed by atoms with Crippen molar-refractivity contribution in [2.24, 2.45) is 5.73 Å². The van der Waals surface area contributed by atoms with Crippen LogP contribution in [0.25, 0.3) is 11.3 Å². The lowest BCUT2D eigenvalue weighted by Crippen LogP contribution is -2.16. The lowest BCUT2D eigenvalue weighted by atomic mass is 10.0. The predicted octanol–water partition coefficient (Wildman–Crippen LogP) is 2.13. The average molecular weight is 321 g/mol. The number of nitrogens with zero attached hydrogens (tertiary/aromatic N) is 2. The van der Waals surface area contributed by atoms with E-state index in [4.69, 9.17) is 5.73 Å². The van der Waals surface area contributed by atoms with Gasteiger partial charge in [-0.15, -0.1) is 0 Å². The van der Waals surface area contributed by atoms with E-state index in [0.717, 1.165) is 5.56 Å². The Bertz CT molecular complexity index is 917. The second-order valence-electron chi connectivity index (χ2n) is 5.21. The van der Waals surface area contributed by atoms with E-state index in [0.29, 0.717) is 22.6 Å². The van der Waals surface area contributed by atoms with Crippen molar-refractivity contribution >= 4 is 17.6 Å². The number of H-pyrrole nitrogens is 1. The van der Waals surface area contributed by atoms with Crippen LogP contribution >= 0.6 is 0 Å². The Kier molecular flexibility index (Phi) is 4.07. The number of aryl methyl sites for hydroxylation is 1. The van der Waals surface area contributed by atoms with Gasteiger partial charge in [-0.2, -0.15) is 0 Å². The highest BCUT2D eigenvalue weighted by Crippen LogP contribution is 2.25. The second kappa shape index (κ2) is 6.33. The maximum atomic E-state index is 12.6. The van der Waals surface area contributed by atoms with Crippen molar-refractivity contribution in [3.05, 3.63) is 65.7 Å². The molecule has 0 aliphatic carbocycles. The fourth-order valence-electron chi connectivity index (χ4n) is 2.36. The number of carbonyl (C=O) groups is 2. The number of carbonyl (C=O) groups excluding carboxylic acids is 2. The van der Waals surface area contributed by atoms with Crippen LogP contribution in [0.3, 0.4) is 0 Å². The molecule has 0 saturated carbocycles. The Morgan fingerprint density at radius 1 is 1.17 bits per heavy atom. The summed E-state index contributed by atoms with van der Waals surface area (Å²) in [6, 6.07) is 10.5. The molecule has 0 saturated heterocycles. The van der Waals surface area contributed by atoms with Crippen LogP contribution in [0.4, 0.5) is 5.82 Å². The maximum Gasteiger partial charge on any atom is 0.267 e. The number of primary amides is 1. The van der Waals surface area contributed by atoms with E-state index in [1.807, 2.05) is 13.0 Å². The zero-order valence-corrected chi connectivity index (χ0v) is 12.9. The van der Waals surface area contributed by atoms with Crippen molar-refractivity contribution in [1.82, 2.24) is 15.0 Å². The molecule has 24 heavy (non-hydrogen) atoms. The molecule has 0 unspecified atom stereocenters. The number of anilines is 1. The van der Waals surface area contributed by atoms with Crippen LogP contribution < -0.4 is 11.1 Å². The minimum absolute atomic E-state index is 0.156. The molecule has 120 valence electrons.